The third-order valence-electron chi connectivity index (χ3n) is 4.06. The van der Waals surface area contributed by atoms with E-state index < -0.39 is 11.3 Å². The van der Waals surface area contributed by atoms with Gasteiger partial charge in [0.2, 0.25) is 5.91 Å². The first-order chi connectivity index (χ1) is 9.34. The molecule has 2 aliphatic carbocycles. The van der Waals surface area contributed by atoms with Crippen LogP contribution in [0.25, 0.3) is 0 Å². The van der Waals surface area contributed by atoms with Gasteiger partial charge in [0.25, 0.3) is 0 Å². The Labute approximate surface area is 121 Å². The molecule has 0 N–H and O–H groups in total. The van der Waals surface area contributed by atoms with E-state index in [0.29, 0.717) is 18.6 Å². The molecule has 0 aromatic rings. The Morgan fingerprint density at radius 3 is 2.20 bits per heavy atom. The van der Waals surface area contributed by atoms with E-state index in [1.54, 1.807) is 6.92 Å². The molecular formula is C16H27NO3. The Kier molecular flexibility index (Phi) is 4.40. The summed E-state index contributed by atoms with van der Waals surface area (Å²) in [6, 6.07) is 0.363. The number of ether oxygens (including phenoxy) is 1. The fourth-order valence-corrected chi connectivity index (χ4v) is 2.60. The maximum absolute atomic E-state index is 12.9. The number of esters is 1. The minimum absolute atomic E-state index is 0.0228. The van der Waals surface area contributed by atoms with Gasteiger partial charge < -0.3 is 9.64 Å². The molecule has 4 nitrogen and oxygen atoms in total. The van der Waals surface area contributed by atoms with Crippen LogP contribution in [0.4, 0.5) is 0 Å². The van der Waals surface area contributed by atoms with Crippen molar-refractivity contribution in [2.45, 2.75) is 59.4 Å². The van der Waals surface area contributed by atoms with Crippen molar-refractivity contribution in [3.8, 4) is 0 Å². The van der Waals surface area contributed by atoms with E-state index in [2.05, 4.69) is 0 Å². The Hall–Kier alpha value is -1.06. The summed E-state index contributed by atoms with van der Waals surface area (Å²) in [4.78, 5) is 27.0. The molecule has 1 unspecified atom stereocenters. The number of amides is 1. The Bertz CT molecular complexity index is 378. The zero-order valence-electron chi connectivity index (χ0n) is 13.1. The standard InChI is InChI=1S/C16H27NO3/c1-5-20-15(19)13(16(2,3)4)14(18)17(12-8-9-12)10-11-6-7-11/h11-13H,5-10H2,1-4H3. The molecule has 20 heavy (non-hydrogen) atoms. The summed E-state index contributed by atoms with van der Waals surface area (Å²) in [5.74, 6) is -0.416. The molecular weight excluding hydrogens is 254 g/mol. The van der Waals surface area contributed by atoms with Crippen LogP contribution in [0.3, 0.4) is 0 Å². The minimum Gasteiger partial charge on any atom is -0.465 e. The van der Waals surface area contributed by atoms with Crippen molar-refractivity contribution in [1.82, 2.24) is 4.90 Å². The second-order valence-corrected chi connectivity index (χ2v) is 7.22. The SMILES string of the molecule is CCOC(=O)C(C(=O)N(CC1CC1)C1CC1)C(C)(C)C. The molecule has 1 amide bonds. The van der Waals surface area contributed by atoms with Crippen molar-refractivity contribution in [1.29, 1.82) is 0 Å². The van der Waals surface area contributed by atoms with Crippen molar-refractivity contribution < 1.29 is 14.3 Å². The Balaban J connectivity index is 2.12. The summed E-state index contributed by atoms with van der Waals surface area (Å²) in [7, 11) is 0. The smallest absolute Gasteiger partial charge is 0.319 e. The maximum Gasteiger partial charge on any atom is 0.319 e. The molecule has 0 aliphatic heterocycles. The van der Waals surface area contributed by atoms with Gasteiger partial charge in [-0.3, -0.25) is 9.59 Å². The van der Waals surface area contributed by atoms with Gasteiger partial charge >= 0.3 is 5.97 Å². The zero-order chi connectivity index (χ0) is 14.9. The molecule has 0 spiro atoms. The molecule has 2 fully saturated rings. The van der Waals surface area contributed by atoms with Gasteiger partial charge in [-0.1, -0.05) is 20.8 Å². The maximum atomic E-state index is 12.9. The van der Waals surface area contributed by atoms with Gasteiger partial charge in [-0.2, -0.15) is 0 Å². The van der Waals surface area contributed by atoms with Crippen LogP contribution in [0, 0.1) is 17.3 Å². The van der Waals surface area contributed by atoms with Gasteiger partial charge in [0, 0.05) is 12.6 Å². The highest BCUT2D eigenvalue weighted by atomic mass is 16.5. The van der Waals surface area contributed by atoms with Gasteiger partial charge in [0.05, 0.1) is 6.61 Å². The molecule has 2 saturated carbocycles. The van der Waals surface area contributed by atoms with Crippen LogP contribution in [-0.2, 0) is 14.3 Å². The van der Waals surface area contributed by atoms with Crippen LogP contribution in [0.2, 0.25) is 0 Å². The summed E-state index contributed by atoms with van der Waals surface area (Å²) in [6.07, 6.45) is 4.60. The van der Waals surface area contributed by atoms with Crippen molar-refractivity contribution in [3.05, 3.63) is 0 Å². The van der Waals surface area contributed by atoms with E-state index in [4.69, 9.17) is 4.74 Å². The van der Waals surface area contributed by atoms with E-state index in [1.807, 2.05) is 25.7 Å². The van der Waals surface area contributed by atoms with Gasteiger partial charge in [0.15, 0.2) is 0 Å². The number of hydrogen-bond acceptors (Lipinski definition) is 3. The fraction of sp³-hybridized carbons (Fsp3) is 0.875. The van der Waals surface area contributed by atoms with Crippen molar-refractivity contribution in [2.75, 3.05) is 13.2 Å². The van der Waals surface area contributed by atoms with Crippen LogP contribution in [0.15, 0.2) is 0 Å². The summed E-state index contributed by atoms with van der Waals surface area (Å²) in [5.41, 5.74) is -0.403. The Morgan fingerprint density at radius 1 is 1.20 bits per heavy atom. The Morgan fingerprint density at radius 2 is 1.80 bits per heavy atom. The summed E-state index contributed by atoms with van der Waals surface area (Å²) < 4.78 is 5.14. The molecule has 1 atom stereocenters. The average Bonchev–Trinajstić information content (AvgIpc) is 3.18. The second kappa shape index (κ2) is 5.74. The van der Waals surface area contributed by atoms with E-state index in [9.17, 15) is 9.59 Å². The van der Waals surface area contributed by atoms with Crippen molar-refractivity contribution >= 4 is 11.9 Å². The molecule has 2 aliphatic rings. The zero-order valence-corrected chi connectivity index (χ0v) is 13.1. The summed E-state index contributed by atoms with van der Waals surface area (Å²) in [6.45, 7) is 8.75. The van der Waals surface area contributed by atoms with E-state index in [0.717, 1.165) is 19.4 Å². The third-order valence-corrected chi connectivity index (χ3v) is 4.06. The lowest BCUT2D eigenvalue weighted by atomic mass is 9.79. The van der Waals surface area contributed by atoms with E-state index >= 15 is 0 Å². The molecule has 0 heterocycles. The van der Waals surface area contributed by atoms with Crippen LogP contribution in [0.1, 0.15) is 53.4 Å². The minimum atomic E-state index is -0.679. The molecule has 0 aromatic carbocycles. The predicted molar refractivity (Wildman–Crippen MR) is 77.0 cm³/mol. The molecule has 0 radical (unpaired) electrons. The second-order valence-electron chi connectivity index (χ2n) is 7.22. The number of rotatable bonds is 6. The first kappa shape index (κ1) is 15.3. The fourth-order valence-electron chi connectivity index (χ4n) is 2.60. The lowest BCUT2D eigenvalue weighted by molar-refractivity contribution is -0.160. The van der Waals surface area contributed by atoms with Crippen LogP contribution < -0.4 is 0 Å². The number of carbonyl (C=O) groups excluding carboxylic acids is 2. The van der Waals surface area contributed by atoms with Crippen LogP contribution in [-0.4, -0.2) is 36.0 Å². The number of hydrogen-bond donors (Lipinski definition) is 0. The number of carbonyl (C=O) groups is 2. The van der Waals surface area contributed by atoms with E-state index in [-0.39, 0.29) is 11.9 Å². The molecule has 0 bridgehead atoms. The lowest BCUT2D eigenvalue weighted by Crippen LogP contribution is -2.47. The predicted octanol–water partition coefficient (Wildman–Crippen LogP) is 2.61. The third kappa shape index (κ3) is 3.74. The molecule has 114 valence electrons. The normalized spacial score (nSPS) is 20.4. The summed E-state index contributed by atoms with van der Waals surface area (Å²) in [5, 5.41) is 0. The van der Waals surface area contributed by atoms with Crippen molar-refractivity contribution in [3.63, 3.8) is 0 Å². The largest absolute Gasteiger partial charge is 0.465 e. The highest BCUT2D eigenvalue weighted by Gasteiger charge is 2.45. The molecule has 0 aromatic heterocycles. The highest BCUT2D eigenvalue weighted by molar-refractivity contribution is 5.98. The summed E-state index contributed by atoms with van der Waals surface area (Å²) >= 11 is 0. The first-order valence-electron chi connectivity index (χ1n) is 7.81. The van der Waals surface area contributed by atoms with Crippen LogP contribution >= 0.6 is 0 Å². The van der Waals surface area contributed by atoms with Gasteiger partial charge in [-0.25, -0.2) is 0 Å². The molecule has 2 rings (SSSR count). The molecule has 0 saturated heterocycles. The van der Waals surface area contributed by atoms with Gasteiger partial charge in [-0.05, 0) is 43.9 Å². The average molecular weight is 281 g/mol. The number of nitrogens with zero attached hydrogens (tertiary/aromatic N) is 1. The van der Waals surface area contributed by atoms with E-state index in [1.165, 1.54) is 12.8 Å². The molecule has 4 heteroatoms. The van der Waals surface area contributed by atoms with Gasteiger partial charge in [-0.15, -0.1) is 0 Å². The first-order valence-corrected chi connectivity index (χ1v) is 7.81. The van der Waals surface area contributed by atoms with Gasteiger partial charge in [0.1, 0.15) is 5.92 Å². The quantitative estimate of drug-likeness (QED) is 0.555. The topological polar surface area (TPSA) is 46.6 Å². The van der Waals surface area contributed by atoms with Crippen molar-refractivity contribution in [2.24, 2.45) is 17.3 Å². The highest BCUT2D eigenvalue weighted by Crippen LogP contribution is 2.38. The monoisotopic (exact) mass is 281 g/mol. The lowest BCUT2D eigenvalue weighted by Gasteiger charge is -2.33. The van der Waals surface area contributed by atoms with Crippen LogP contribution in [0.5, 0.6) is 0 Å².